The van der Waals surface area contributed by atoms with Crippen molar-refractivity contribution >= 4 is 17.5 Å². The number of halogens is 1. The third kappa shape index (κ3) is 6.03. The van der Waals surface area contributed by atoms with E-state index in [-0.39, 0.29) is 0 Å². The number of rotatable bonds is 5. The highest BCUT2D eigenvalue weighted by Gasteiger charge is 2.28. The van der Waals surface area contributed by atoms with Crippen LogP contribution in [0.15, 0.2) is 42.6 Å². The van der Waals surface area contributed by atoms with Gasteiger partial charge in [-0.15, -0.1) is 0 Å². The van der Waals surface area contributed by atoms with E-state index < -0.39 is 36.5 Å². The number of anilines is 1. The van der Waals surface area contributed by atoms with E-state index in [9.17, 15) is 19.1 Å². The third-order valence-electron chi connectivity index (χ3n) is 5.14. The van der Waals surface area contributed by atoms with E-state index in [1.54, 1.807) is 11.0 Å². The molecule has 0 unspecified atom stereocenters. The number of pyridine rings is 1. The summed E-state index contributed by atoms with van der Waals surface area (Å²) >= 11 is 0. The van der Waals surface area contributed by atoms with E-state index in [1.165, 1.54) is 19.2 Å². The van der Waals surface area contributed by atoms with E-state index in [0.29, 0.717) is 31.7 Å². The van der Waals surface area contributed by atoms with Gasteiger partial charge in [-0.2, -0.15) is 4.39 Å². The Labute approximate surface area is 185 Å². The van der Waals surface area contributed by atoms with Crippen molar-refractivity contribution in [2.75, 3.05) is 37.7 Å². The standard InChI is InChI=1S/C23H25FN4O4/c1-16(30)22(20(31)15-29)26-23(32)28-12-10-27(11-13-28)19-6-4-17(5-7-19)2-3-18-8-9-25-21(24)14-18/h4-9,14,16,22,29-30H,10-13,15H2,1H3,(H,26,32)/t16-,22+/m0/s1. The zero-order valence-corrected chi connectivity index (χ0v) is 17.7. The molecule has 3 N–H and O–H groups in total. The van der Waals surface area contributed by atoms with Gasteiger partial charge in [-0.1, -0.05) is 11.8 Å². The van der Waals surface area contributed by atoms with Crippen molar-refractivity contribution in [2.24, 2.45) is 0 Å². The summed E-state index contributed by atoms with van der Waals surface area (Å²) in [6, 6.07) is 8.98. The van der Waals surface area contributed by atoms with Crippen molar-refractivity contribution < 1.29 is 24.2 Å². The fourth-order valence-corrected chi connectivity index (χ4v) is 3.34. The predicted octanol–water partition coefficient (Wildman–Crippen LogP) is 0.763. The number of carbonyl (C=O) groups excluding carboxylic acids is 2. The Balaban J connectivity index is 1.55. The lowest BCUT2D eigenvalue weighted by molar-refractivity contribution is -0.125. The summed E-state index contributed by atoms with van der Waals surface area (Å²) in [5.41, 5.74) is 2.33. The molecule has 2 amide bonds. The lowest BCUT2D eigenvalue weighted by Crippen LogP contribution is -2.57. The number of carbonyl (C=O) groups is 2. The number of piperazine rings is 1. The molecular formula is C23H25FN4O4. The molecule has 1 aliphatic heterocycles. The Kier molecular flexibility index (Phi) is 7.76. The Hall–Kier alpha value is -3.48. The lowest BCUT2D eigenvalue weighted by atomic mass is 10.1. The van der Waals surface area contributed by atoms with Crippen molar-refractivity contribution in [2.45, 2.75) is 19.1 Å². The molecule has 1 aromatic carbocycles. The van der Waals surface area contributed by atoms with Crippen LogP contribution in [0.1, 0.15) is 18.1 Å². The van der Waals surface area contributed by atoms with E-state index in [4.69, 9.17) is 5.11 Å². The maximum atomic E-state index is 13.1. The average molecular weight is 440 g/mol. The van der Waals surface area contributed by atoms with E-state index in [1.807, 2.05) is 24.3 Å². The average Bonchev–Trinajstić information content (AvgIpc) is 2.81. The van der Waals surface area contributed by atoms with Crippen LogP contribution < -0.4 is 10.2 Å². The molecule has 1 aliphatic rings. The molecule has 1 aromatic heterocycles. The van der Waals surface area contributed by atoms with Crippen LogP contribution in [0.5, 0.6) is 0 Å². The van der Waals surface area contributed by atoms with Crippen LogP contribution in [0.2, 0.25) is 0 Å². The molecule has 0 bridgehead atoms. The molecule has 2 heterocycles. The van der Waals surface area contributed by atoms with Crippen LogP contribution in [0.4, 0.5) is 14.9 Å². The molecular weight excluding hydrogens is 415 g/mol. The van der Waals surface area contributed by atoms with Crippen molar-refractivity contribution in [3.8, 4) is 11.8 Å². The molecule has 0 aliphatic carbocycles. The number of nitrogens with one attached hydrogen (secondary N) is 1. The van der Waals surface area contributed by atoms with Gasteiger partial charge in [-0.3, -0.25) is 4.79 Å². The molecule has 2 aromatic rings. The SMILES string of the molecule is C[C@H](O)[C@@H](NC(=O)N1CCN(c2ccc(C#Cc3ccnc(F)c3)cc2)CC1)C(=O)CO. The fourth-order valence-electron chi connectivity index (χ4n) is 3.34. The largest absolute Gasteiger partial charge is 0.391 e. The van der Waals surface area contributed by atoms with Crippen LogP contribution in [0.25, 0.3) is 0 Å². The number of hydrogen-bond acceptors (Lipinski definition) is 6. The summed E-state index contributed by atoms with van der Waals surface area (Å²) in [5.74, 6) is 4.69. The summed E-state index contributed by atoms with van der Waals surface area (Å²) in [6.07, 6.45) is 0.274. The van der Waals surface area contributed by atoms with Gasteiger partial charge in [0.1, 0.15) is 12.6 Å². The van der Waals surface area contributed by atoms with Crippen molar-refractivity contribution in [1.82, 2.24) is 15.2 Å². The topological polar surface area (TPSA) is 106 Å². The first-order chi connectivity index (χ1) is 15.4. The highest BCUT2D eigenvalue weighted by atomic mass is 19.1. The van der Waals surface area contributed by atoms with Crippen molar-refractivity contribution in [3.05, 3.63) is 59.7 Å². The Morgan fingerprint density at radius 3 is 2.38 bits per heavy atom. The number of hydrogen-bond donors (Lipinski definition) is 3. The van der Waals surface area contributed by atoms with Gasteiger partial charge in [0.2, 0.25) is 5.95 Å². The second-order valence-corrected chi connectivity index (χ2v) is 7.43. The molecule has 1 fully saturated rings. The zero-order valence-electron chi connectivity index (χ0n) is 17.7. The smallest absolute Gasteiger partial charge is 0.318 e. The molecule has 32 heavy (non-hydrogen) atoms. The number of ketones is 1. The Morgan fingerprint density at radius 2 is 1.78 bits per heavy atom. The van der Waals surface area contributed by atoms with E-state index in [0.717, 1.165) is 11.3 Å². The molecule has 0 spiro atoms. The molecule has 1 saturated heterocycles. The van der Waals surface area contributed by atoms with Gasteiger partial charge in [-0.05, 0) is 37.3 Å². The highest BCUT2D eigenvalue weighted by Crippen LogP contribution is 2.17. The number of amides is 2. The van der Waals surface area contributed by atoms with Crippen molar-refractivity contribution in [1.29, 1.82) is 0 Å². The summed E-state index contributed by atoms with van der Waals surface area (Å²) in [7, 11) is 0. The number of Topliss-reactive ketones (excluding diaryl/α,β-unsaturated/α-hetero) is 1. The van der Waals surface area contributed by atoms with Gasteiger partial charge >= 0.3 is 6.03 Å². The Morgan fingerprint density at radius 1 is 1.12 bits per heavy atom. The molecule has 3 rings (SSSR count). The van der Waals surface area contributed by atoms with Crippen LogP contribution in [-0.2, 0) is 4.79 Å². The second-order valence-electron chi connectivity index (χ2n) is 7.43. The van der Waals surface area contributed by atoms with Gasteiger partial charge < -0.3 is 25.3 Å². The predicted molar refractivity (Wildman–Crippen MR) is 116 cm³/mol. The number of aliphatic hydroxyl groups is 2. The lowest BCUT2D eigenvalue weighted by Gasteiger charge is -2.36. The number of nitrogens with zero attached hydrogens (tertiary/aromatic N) is 3. The van der Waals surface area contributed by atoms with Gasteiger partial charge in [0.05, 0.1) is 6.10 Å². The van der Waals surface area contributed by atoms with Gasteiger partial charge in [0, 0.05) is 55.3 Å². The summed E-state index contributed by atoms with van der Waals surface area (Å²) in [6.45, 7) is 2.73. The monoisotopic (exact) mass is 440 g/mol. The molecule has 2 atom stereocenters. The minimum Gasteiger partial charge on any atom is -0.391 e. The normalized spacial score (nSPS) is 15.4. The third-order valence-corrected chi connectivity index (χ3v) is 5.14. The maximum absolute atomic E-state index is 13.1. The quantitative estimate of drug-likeness (QED) is 0.468. The second kappa shape index (κ2) is 10.7. The summed E-state index contributed by atoms with van der Waals surface area (Å²) < 4.78 is 13.1. The number of urea groups is 1. The highest BCUT2D eigenvalue weighted by molar-refractivity contribution is 5.89. The van der Waals surface area contributed by atoms with Crippen LogP contribution in [-0.4, -0.2) is 76.8 Å². The number of benzene rings is 1. The fraction of sp³-hybridized carbons (Fsp3) is 0.348. The van der Waals surface area contributed by atoms with Gasteiger partial charge in [0.25, 0.3) is 0 Å². The maximum Gasteiger partial charge on any atom is 0.318 e. The van der Waals surface area contributed by atoms with E-state index in [2.05, 4.69) is 27.0 Å². The minimum absolute atomic E-state index is 0.445. The Bertz CT molecular complexity index is 1010. The van der Waals surface area contributed by atoms with E-state index >= 15 is 0 Å². The van der Waals surface area contributed by atoms with Crippen LogP contribution in [0, 0.1) is 17.8 Å². The summed E-state index contributed by atoms with van der Waals surface area (Å²) in [5, 5.41) is 21.2. The summed E-state index contributed by atoms with van der Waals surface area (Å²) in [4.78, 5) is 31.3. The molecule has 9 heteroatoms. The van der Waals surface area contributed by atoms with Gasteiger partial charge in [0.15, 0.2) is 5.78 Å². The number of aliphatic hydroxyl groups excluding tert-OH is 2. The number of aromatic nitrogens is 1. The first-order valence-corrected chi connectivity index (χ1v) is 10.2. The molecule has 8 nitrogen and oxygen atoms in total. The first kappa shape index (κ1) is 23.2. The zero-order chi connectivity index (χ0) is 23.1. The van der Waals surface area contributed by atoms with Crippen LogP contribution in [0.3, 0.4) is 0 Å². The molecule has 0 saturated carbocycles. The molecule has 0 radical (unpaired) electrons. The van der Waals surface area contributed by atoms with Gasteiger partial charge in [-0.25, -0.2) is 9.78 Å². The first-order valence-electron chi connectivity index (χ1n) is 10.2. The molecule has 168 valence electrons. The van der Waals surface area contributed by atoms with Crippen LogP contribution >= 0.6 is 0 Å². The minimum atomic E-state index is -1.14. The van der Waals surface area contributed by atoms with Crippen molar-refractivity contribution in [3.63, 3.8) is 0 Å².